The van der Waals surface area contributed by atoms with Gasteiger partial charge in [-0.15, -0.1) is 0 Å². The molecule has 2 N–H and O–H groups in total. The van der Waals surface area contributed by atoms with Crippen LogP contribution < -0.4 is 15.4 Å². The van der Waals surface area contributed by atoms with Gasteiger partial charge in [-0.2, -0.15) is 0 Å². The first-order valence-electron chi connectivity index (χ1n) is 7.56. The van der Waals surface area contributed by atoms with Crippen molar-refractivity contribution >= 4 is 23.0 Å². The molecular formula is C17H19N3O4. The normalized spacial score (nSPS) is 10.1. The highest BCUT2D eigenvalue weighted by Crippen LogP contribution is 2.27. The fourth-order valence-corrected chi connectivity index (χ4v) is 2.15. The summed E-state index contributed by atoms with van der Waals surface area (Å²) in [7, 11) is 1.65. The monoisotopic (exact) mass is 329 g/mol. The van der Waals surface area contributed by atoms with Crippen LogP contribution in [0.15, 0.2) is 42.5 Å². The van der Waals surface area contributed by atoms with E-state index in [1.807, 2.05) is 13.0 Å². The van der Waals surface area contributed by atoms with Crippen molar-refractivity contribution in [3.05, 3.63) is 58.1 Å². The number of amides is 1. The van der Waals surface area contributed by atoms with Crippen LogP contribution in [0.2, 0.25) is 0 Å². The highest BCUT2D eigenvalue weighted by Gasteiger charge is 2.17. The molecule has 24 heavy (non-hydrogen) atoms. The summed E-state index contributed by atoms with van der Waals surface area (Å²) in [5.41, 5.74) is 1.07. The van der Waals surface area contributed by atoms with Crippen LogP contribution in [0.3, 0.4) is 0 Å². The topological polar surface area (TPSA) is 93.5 Å². The van der Waals surface area contributed by atoms with Crippen molar-refractivity contribution in [3.8, 4) is 5.75 Å². The third-order valence-electron chi connectivity index (χ3n) is 3.32. The number of hydrogen-bond donors (Lipinski definition) is 2. The van der Waals surface area contributed by atoms with E-state index >= 15 is 0 Å². The number of benzene rings is 2. The Kier molecular flexibility index (Phi) is 5.73. The van der Waals surface area contributed by atoms with E-state index in [0.29, 0.717) is 23.7 Å². The second-order valence-corrected chi connectivity index (χ2v) is 5.04. The molecule has 0 saturated heterocycles. The number of carbonyl (C=O) groups is 1. The molecule has 0 unspecified atom stereocenters. The van der Waals surface area contributed by atoms with Crippen LogP contribution in [0.5, 0.6) is 5.75 Å². The molecular weight excluding hydrogens is 310 g/mol. The molecule has 0 spiro atoms. The Balaban J connectivity index is 2.30. The highest BCUT2D eigenvalue weighted by atomic mass is 16.6. The number of para-hydroxylation sites is 2. The second kappa shape index (κ2) is 7.96. The molecule has 0 fully saturated rings. The first kappa shape index (κ1) is 17.3. The van der Waals surface area contributed by atoms with Crippen molar-refractivity contribution in [2.24, 2.45) is 0 Å². The van der Waals surface area contributed by atoms with Gasteiger partial charge < -0.3 is 15.4 Å². The molecule has 2 rings (SSSR count). The minimum absolute atomic E-state index is 0.144. The Labute approximate surface area is 139 Å². The number of ether oxygens (including phenoxy) is 1. The van der Waals surface area contributed by atoms with Crippen molar-refractivity contribution in [1.82, 2.24) is 0 Å². The fourth-order valence-electron chi connectivity index (χ4n) is 2.15. The number of rotatable bonds is 7. The zero-order chi connectivity index (χ0) is 17.5. The lowest BCUT2D eigenvalue weighted by Gasteiger charge is -2.13. The smallest absolute Gasteiger partial charge is 0.270 e. The summed E-state index contributed by atoms with van der Waals surface area (Å²) in [4.78, 5) is 23.0. The van der Waals surface area contributed by atoms with Crippen molar-refractivity contribution in [2.75, 3.05) is 24.3 Å². The van der Waals surface area contributed by atoms with Gasteiger partial charge in [-0.25, -0.2) is 0 Å². The molecule has 2 aromatic carbocycles. The summed E-state index contributed by atoms with van der Waals surface area (Å²) in [5.74, 6) is 0.111. The van der Waals surface area contributed by atoms with Gasteiger partial charge in [0.2, 0.25) is 0 Å². The molecule has 2 aromatic rings. The van der Waals surface area contributed by atoms with Crippen LogP contribution in [0, 0.1) is 10.1 Å². The molecule has 0 aliphatic heterocycles. The summed E-state index contributed by atoms with van der Waals surface area (Å²) in [5, 5.41) is 16.6. The van der Waals surface area contributed by atoms with Crippen LogP contribution in [-0.2, 0) is 0 Å². The van der Waals surface area contributed by atoms with E-state index in [0.717, 1.165) is 6.42 Å². The van der Waals surface area contributed by atoms with E-state index < -0.39 is 10.8 Å². The van der Waals surface area contributed by atoms with E-state index in [1.165, 1.54) is 18.2 Å². The van der Waals surface area contributed by atoms with E-state index in [9.17, 15) is 14.9 Å². The molecule has 7 nitrogen and oxygen atoms in total. The largest absolute Gasteiger partial charge is 0.491 e. The second-order valence-electron chi connectivity index (χ2n) is 5.04. The number of hydrogen-bond acceptors (Lipinski definition) is 5. The lowest BCUT2D eigenvalue weighted by molar-refractivity contribution is -0.384. The molecule has 0 aliphatic rings. The lowest BCUT2D eigenvalue weighted by atomic mass is 10.1. The van der Waals surface area contributed by atoms with E-state index in [4.69, 9.17) is 4.74 Å². The molecule has 7 heteroatoms. The maximum absolute atomic E-state index is 12.6. The molecule has 0 atom stereocenters. The van der Waals surface area contributed by atoms with Gasteiger partial charge in [0.1, 0.15) is 5.75 Å². The van der Waals surface area contributed by atoms with Crippen LogP contribution in [0.1, 0.15) is 23.7 Å². The van der Waals surface area contributed by atoms with Gasteiger partial charge in [0, 0.05) is 24.9 Å². The van der Waals surface area contributed by atoms with Gasteiger partial charge >= 0.3 is 0 Å². The highest BCUT2D eigenvalue weighted by molar-refractivity contribution is 6.09. The first-order valence-corrected chi connectivity index (χ1v) is 7.56. The fraction of sp³-hybridized carbons (Fsp3) is 0.235. The number of anilines is 2. The zero-order valence-electron chi connectivity index (χ0n) is 13.5. The number of nitrogens with one attached hydrogen (secondary N) is 2. The van der Waals surface area contributed by atoms with E-state index in [1.54, 1.807) is 25.2 Å². The molecule has 1 amide bonds. The third kappa shape index (κ3) is 4.01. The maximum atomic E-state index is 12.6. The minimum Gasteiger partial charge on any atom is -0.491 e. The molecule has 0 bridgehead atoms. The van der Waals surface area contributed by atoms with Gasteiger partial charge in [-0.1, -0.05) is 19.1 Å². The molecule has 126 valence electrons. The van der Waals surface area contributed by atoms with Gasteiger partial charge in [0.05, 0.1) is 22.8 Å². The van der Waals surface area contributed by atoms with Crippen molar-refractivity contribution in [2.45, 2.75) is 13.3 Å². The number of carbonyl (C=O) groups excluding carboxylic acids is 1. The van der Waals surface area contributed by atoms with Crippen LogP contribution in [0.25, 0.3) is 0 Å². The average molecular weight is 329 g/mol. The molecule has 0 aromatic heterocycles. The van der Waals surface area contributed by atoms with Gasteiger partial charge in [0.15, 0.2) is 0 Å². The minimum atomic E-state index is -0.533. The number of nitro groups is 1. The Morgan fingerprint density at radius 1 is 1.21 bits per heavy atom. The summed E-state index contributed by atoms with van der Waals surface area (Å²) in [6, 6.07) is 11.2. The zero-order valence-corrected chi connectivity index (χ0v) is 13.5. The quantitative estimate of drug-likeness (QED) is 0.597. The van der Waals surface area contributed by atoms with Gasteiger partial charge in [-0.05, 0) is 24.6 Å². The Hall–Kier alpha value is -3.09. The van der Waals surface area contributed by atoms with Gasteiger partial charge in [-0.3, -0.25) is 14.9 Å². The maximum Gasteiger partial charge on any atom is 0.270 e. The Morgan fingerprint density at radius 2 is 1.96 bits per heavy atom. The van der Waals surface area contributed by atoms with Crippen LogP contribution in [-0.4, -0.2) is 24.5 Å². The number of nitrogens with zero attached hydrogens (tertiary/aromatic N) is 1. The van der Waals surface area contributed by atoms with Crippen LogP contribution >= 0.6 is 0 Å². The Bertz CT molecular complexity index is 746. The average Bonchev–Trinajstić information content (AvgIpc) is 2.60. The predicted octanol–water partition coefficient (Wildman–Crippen LogP) is 3.68. The lowest BCUT2D eigenvalue weighted by Crippen LogP contribution is -2.15. The van der Waals surface area contributed by atoms with Crippen molar-refractivity contribution in [3.63, 3.8) is 0 Å². The third-order valence-corrected chi connectivity index (χ3v) is 3.32. The van der Waals surface area contributed by atoms with Crippen molar-refractivity contribution in [1.29, 1.82) is 0 Å². The Morgan fingerprint density at radius 3 is 2.62 bits per heavy atom. The first-order chi connectivity index (χ1) is 11.6. The SMILES string of the molecule is CCCOc1ccccc1NC(=O)c1cc([N+](=O)[O-])ccc1NC. The van der Waals surface area contributed by atoms with E-state index in [2.05, 4.69) is 10.6 Å². The summed E-state index contributed by atoms with van der Waals surface area (Å²) in [6.45, 7) is 2.52. The molecule has 0 aliphatic carbocycles. The van der Waals surface area contributed by atoms with Gasteiger partial charge in [0.25, 0.3) is 11.6 Å². The number of nitro benzene ring substituents is 1. The summed E-state index contributed by atoms with van der Waals surface area (Å²) in [6.07, 6.45) is 0.844. The summed E-state index contributed by atoms with van der Waals surface area (Å²) < 4.78 is 5.60. The van der Waals surface area contributed by atoms with E-state index in [-0.39, 0.29) is 11.3 Å². The molecule has 0 radical (unpaired) electrons. The molecule has 0 heterocycles. The standard InChI is InChI=1S/C17H19N3O4/c1-3-10-24-16-7-5-4-6-15(16)19-17(21)13-11-12(20(22)23)8-9-14(13)18-2/h4-9,11,18H,3,10H2,1-2H3,(H,19,21). The van der Waals surface area contributed by atoms with Crippen LogP contribution in [0.4, 0.5) is 17.1 Å². The van der Waals surface area contributed by atoms with Crippen molar-refractivity contribution < 1.29 is 14.5 Å². The molecule has 0 saturated carbocycles. The number of non-ortho nitro benzene ring substituents is 1. The summed E-state index contributed by atoms with van der Waals surface area (Å²) >= 11 is 0. The predicted molar refractivity (Wildman–Crippen MR) is 92.8 cm³/mol.